The number of halogens is 3. The molecule has 4 aliphatic carbocycles. The largest absolute Gasteiger partial charge is 0.534 e. The molecule has 0 aromatic carbocycles. The van der Waals surface area contributed by atoms with Crippen molar-refractivity contribution in [3.63, 3.8) is 0 Å². The molecule has 3 fully saturated rings. The van der Waals surface area contributed by atoms with Crippen LogP contribution >= 0.6 is 0 Å². The summed E-state index contributed by atoms with van der Waals surface area (Å²) in [7, 11) is -1.30. The first kappa shape index (κ1) is 22.4. The van der Waals surface area contributed by atoms with E-state index in [9.17, 15) is 21.6 Å². The van der Waals surface area contributed by atoms with Crippen LogP contribution in [0.5, 0.6) is 0 Å². The minimum atomic E-state index is -5.62. The minimum absolute atomic E-state index is 0.0202. The van der Waals surface area contributed by atoms with Gasteiger partial charge in [-0.05, 0) is 101 Å². The Bertz CT molecular complexity index is 824. The summed E-state index contributed by atoms with van der Waals surface area (Å²) in [6, 6.07) is 0.634. The molecule has 0 aromatic rings. The standard InChI is InChI=1S/C22H34F3NO3S/c1-20-11-9-15(26(3)4)13-14(20)5-6-16-17-7-8-19(21(17,2)12-10-18(16)20)29-30(27,28)22(23,24)25/h8,14-18H,5-7,9-13H2,1-4H3/t14-,15-,16?,17-,18-,20-,21-/m0/s1. The zero-order chi connectivity index (χ0) is 22.1. The molecule has 0 radical (unpaired) electrons. The number of hydrogen-bond donors (Lipinski definition) is 0. The van der Waals surface area contributed by atoms with E-state index >= 15 is 0 Å². The molecule has 1 unspecified atom stereocenters. The van der Waals surface area contributed by atoms with Gasteiger partial charge >= 0.3 is 15.6 Å². The maximum atomic E-state index is 12.9. The molecule has 4 rings (SSSR count). The Morgan fingerprint density at radius 1 is 1.07 bits per heavy atom. The van der Waals surface area contributed by atoms with Crippen LogP contribution in [0, 0.1) is 34.5 Å². The molecule has 0 amide bonds. The van der Waals surface area contributed by atoms with E-state index in [0.717, 1.165) is 19.3 Å². The number of fused-ring (bicyclic) bond motifs is 5. The Hall–Kier alpha value is -0.760. The highest BCUT2D eigenvalue weighted by Gasteiger charge is 2.60. The molecule has 0 saturated heterocycles. The van der Waals surface area contributed by atoms with E-state index in [-0.39, 0.29) is 17.1 Å². The van der Waals surface area contributed by atoms with Gasteiger partial charge < -0.3 is 9.08 Å². The topological polar surface area (TPSA) is 46.6 Å². The number of nitrogens with zero attached hydrogens (tertiary/aromatic N) is 1. The average molecular weight is 450 g/mol. The van der Waals surface area contributed by atoms with E-state index in [0.29, 0.717) is 36.6 Å². The van der Waals surface area contributed by atoms with Gasteiger partial charge in [-0.3, -0.25) is 0 Å². The van der Waals surface area contributed by atoms with Gasteiger partial charge in [-0.2, -0.15) is 21.6 Å². The third-order valence-electron chi connectivity index (χ3n) is 9.36. The van der Waals surface area contributed by atoms with Crippen LogP contribution in [-0.2, 0) is 14.3 Å². The number of rotatable bonds is 3. The lowest BCUT2D eigenvalue weighted by atomic mass is 9.45. The third-order valence-corrected chi connectivity index (χ3v) is 10.3. The molecule has 0 aliphatic heterocycles. The fourth-order valence-electron chi connectivity index (χ4n) is 7.53. The number of allylic oxidation sites excluding steroid dienone is 2. The summed E-state index contributed by atoms with van der Waals surface area (Å²) in [4.78, 5) is 2.34. The number of hydrogen-bond acceptors (Lipinski definition) is 4. The van der Waals surface area contributed by atoms with E-state index in [2.05, 4.69) is 25.9 Å². The van der Waals surface area contributed by atoms with Crippen molar-refractivity contribution in [1.29, 1.82) is 0 Å². The molecule has 0 aromatic heterocycles. The van der Waals surface area contributed by atoms with E-state index < -0.39 is 21.0 Å². The zero-order valence-corrected chi connectivity index (χ0v) is 19.2. The smallest absolute Gasteiger partial charge is 0.380 e. The molecule has 0 bridgehead atoms. The summed E-state index contributed by atoms with van der Waals surface area (Å²) < 4.78 is 66.6. The molecule has 4 aliphatic rings. The van der Waals surface area contributed by atoms with Gasteiger partial charge in [0.05, 0.1) is 0 Å². The van der Waals surface area contributed by atoms with Crippen LogP contribution in [0.1, 0.15) is 65.2 Å². The van der Waals surface area contributed by atoms with Crippen LogP contribution in [0.2, 0.25) is 0 Å². The monoisotopic (exact) mass is 449 g/mol. The molecule has 0 spiro atoms. The predicted octanol–water partition coefficient (Wildman–Crippen LogP) is 5.32. The fourth-order valence-corrected chi connectivity index (χ4v) is 8.12. The van der Waals surface area contributed by atoms with Gasteiger partial charge in [0.2, 0.25) is 0 Å². The van der Waals surface area contributed by atoms with Gasteiger partial charge in [-0.15, -0.1) is 0 Å². The van der Waals surface area contributed by atoms with E-state index in [4.69, 9.17) is 4.18 Å². The highest BCUT2D eigenvalue weighted by atomic mass is 32.2. The van der Waals surface area contributed by atoms with Crippen LogP contribution in [0.25, 0.3) is 0 Å². The van der Waals surface area contributed by atoms with Crippen LogP contribution in [0.3, 0.4) is 0 Å². The van der Waals surface area contributed by atoms with Gasteiger partial charge in [-0.25, -0.2) is 0 Å². The van der Waals surface area contributed by atoms with E-state index in [1.807, 2.05) is 6.92 Å². The van der Waals surface area contributed by atoms with Crippen molar-refractivity contribution in [1.82, 2.24) is 4.90 Å². The first-order valence-corrected chi connectivity index (χ1v) is 12.6. The van der Waals surface area contributed by atoms with Crippen molar-refractivity contribution < 1.29 is 25.8 Å². The Morgan fingerprint density at radius 3 is 2.40 bits per heavy atom. The van der Waals surface area contributed by atoms with Crippen molar-refractivity contribution in [2.75, 3.05) is 14.1 Å². The van der Waals surface area contributed by atoms with Crippen molar-refractivity contribution in [3.8, 4) is 0 Å². The Morgan fingerprint density at radius 2 is 1.77 bits per heavy atom. The van der Waals surface area contributed by atoms with Gasteiger partial charge in [0.1, 0.15) is 5.76 Å². The molecule has 4 nitrogen and oxygen atoms in total. The lowest BCUT2D eigenvalue weighted by Crippen LogP contribution is -2.54. The first-order chi connectivity index (χ1) is 13.8. The molecule has 0 N–H and O–H groups in total. The SMILES string of the molecule is CN(C)[C@H]1CC[C@@]2(C)[C@@H](CCC3[C@@H]2CC[C@]2(C)C(OS(=O)(=O)C(F)(F)F)=CC[C@@H]32)C1. The predicted molar refractivity (Wildman–Crippen MR) is 109 cm³/mol. The Balaban J connectivity index is 1.54. The maximum absolute atomic E-state index is 12.9. The second kappa shape index (κ2) is 7.12. The lowest BCUT2D eigenvalue weighted by molar-refractivity contribution is -0.113. The van der Waals surface area contributed by atoms with E-state index in [1.54, 1.807) is 6.08 Å². The van der Waals surface area contributed by atoms with Crippen molar-refractivity contribution in [3.05, 3.63) is 11.8 Å². The average Bonchev–Trinajstić information content (AvgIpc) is 2.96. The molecule has 3 saturated carbocycles. The quantitative estimate of drug-likeness (QED) is 0.432. The van der Waals surface area contributed by atoms with Crippen LogP contribution in [0.15, 0.2) is 11.8 Å². The van der Waals surface area contributed by atoms with Crippen molar-refractivity contribution in [2.24, 2.45) is 34.5 Å². The lowest BCUT2D eigenvalue weighted by Gasteiger charge is -2.61. The summed E-state index contributed by atoms with van der Waals surface area (Å²) in [5.41, 5.74) is -5.74. The summed E-state index contributed by atoms with van der Waals surface area (Å²) >= 11 is 0. The highest BCUT2D eigenvalue weighted by molar-refractivity contribution is 7.87. The molecule has 172 valence electrons. The second-order valence-electron chi connectivity index (χ2n) is 10.8. The Kier molecular flexibility index (Phi) is 5.33. The summed E-state index contributed by atoms with van der Waals surface area (Å²) in [5.74, 6) is 1.86. The van der Waals surface area contributed by atoms with Gasteiger partial charge in [0.15, 0.2) is 0 Å². The molecule has 0 heterocycles. The summed E-state index contributed by atoms with van der Waals surface area (Å²) in [6.07, 6.45) is 9.72. The third kappa shape index (κ3) is 3.31. The van der Waals surface area contributed by atoms with Crippen LogP contribution < -0.4 is 0 Å². The fraction of sp³-hybridized carbons (Fsp3) is 0.909. The number of alkyl halides is 3. The van der Waals surface area contributed by atoms with Gasteiger partial charge in [0, 0.05) is 11.5 Å². The summed E-state index contributed by atoms with van der Waals surface area (Å²) in [6.45, 7) is 4.35. The van der Waals surface area contributed by atoms with Gasteiger partial charge in [-0.1, -0.05) is 13.8 Å². The molecular formula is C22H34F3NO3S. The van der Waals surface area contributed by atoms with Crippen LogP contribution in [0.4, 0.5) is 13.2 Å². The minimum Gasteiger partial charge on any atom is -0.380 e. The first-order valence-electron chi connectivity index (χ1n) is 11.2. The highest BCUT2D eigenvalue weighted by Crippen LogP contribution is 2.66. The second-order valence-corrected chi connectivity index (χ2v) is 12.3. The molecule has 30 heavy (non-hydrogen) atoms. The Labute approximate surface area is 178 Å². The van der Waals surface area contributed by atoms with Crippen molar-refractivity contribution >= 4 is 10.1 Å². The van der Waals surface area contributed by atoms with E-state index in [1.165, 1.54) is 19.3 Å². The zero-order valence-electron chi connectivity index (χ0n) is 18.3. The van der Waals surface area contributed by atoms with Crippen molar-refractivity contribution in [2.45, 2.75) is 76.8 Å². The van der Waals surface area contributed by atoms with Gasteiger partial charge in [0.25, 0.3) is 0 Å². The molecule has 8 heteroatoms. The summed E-state index contributed by atoms with van der Waals surface area (Å²) in [5, 5.41) is 0. The molecular weight excluding hydrogens is 415 g/mol. The van der Waals surface area contributed by atoms with Crippen LogP contribution in [-0.4, -0.2) is 39.0 Å². The molecule has 7 atom stereocenters. The maximum Gasteiger partial charge on any atom is 0.534 e. The normalized spacial score (nSPS) is 44.1.